The fourth-order valence-electron chi connectivity index (χ4n) is 0.135. The van der Waals surface area contributed by atoms with Crippen molar-refractivity contribution >= 4 is 32.0 Å². The van der Waals surface area contributed by atoms with Crippen molar-refractivity contribution in [3.63, 3.8) is 0 Å². The molecule has 0 bridgehead atoms. The summed E-state index contributed by atoms with van der Waals surface area (Å²) in [6, 6.07) is 0. The molecular weight excluding hydrogens is 214 g/mol. The third-order valence-corrected chi connectivity index (χ3v) is 2.50. The fourth-order valence-corrected chi connectivity index (χ4v) is 1.44. The summed E-state index contributed by atoms with van der Waals surface area (Å²) in [7, 11) is -4.74. The van der Waals surface area contributed by atoms with E-state index in [1.54, 1.807) is 0 Å². The average molecular weight is 214 g/mol. The molecule has 0 heterocycles. The van der Waals surface area contributed by atoms with Gasteiger partial charge in [0.05, 0.1) is 0 Å². The van der Waals surface area contributed by atoms with Crippen molar-refractivity contribution in [1.29, 1.82) is 10.5 Å². The van der Waals surface area contributed by atoms with Crippen LogP contribution >= 0.6 is 32.0 Å². The first kappa shape index (κ1) is 10.8. The molecule has 60 valence electrons. The lowest BCUT2D eigenvalue weighted by Gasteiger charge is -1.99. The van der Waals surface area contributed by atoms with Gasteiger partial charge < -0.3 is 0 Å². The van der Waals surface area contributed by atoms with E-state index >= 15 is 0 Å². The van der Waals surface area contributed by atoms with Gasteiger partial charge in [-0.1, -0.05) is 0 Å². The molecule has 0 saturated carbocycles. The predicted molar refractivity (Wildman–Crippen MR) is 37.3 cm³/mol. The van der Waals surface area contributed by atoms with E-state index < -0.39 is 7.91 Å². The maximum absolute atomic E-state index is 12.2. The summed E-state index contributed by atoms with van der Waals surface area (Å²) in [5.41, 5.74) is 0. The van der Waals surface area contributed by atoms with Crippen LogP contribution in [0.4, 0.5) is 4.20 Å². The quantitative estimate of drug-likeness (QED) is 0.403. The maximum Gasteiger partial charge on any atom is 0.537 e. The Morgan fingerprint density at radius 1 is 1.27 bits per heavy atom. The lowest BCUT2D eigenvalue weighted by Crippen LogP contribution is -1.74. The van der Waals surface area contributed by atoms with Gasteiger partial charge in [0.2, 0.25) is 0 Å². The zero-order valence-corrected chi connectivity index (χ0v) is 7.29. The highest BCUT2D eigenvalue weighted by molar-refractivity contribution is 8.05. The van der Waals surface area contributed by atoms with Crippen molar-refractivity contribution in [2.75, 3.05) is 0 Å². The Morgan fingerprint density at radius 3 is 1.91 bits per heavy atom. The molecule has 0 unspecified atom stereocenters. The van der Waals surface area contributed by atoms with Crippen molar-refractivity contribution in [2.24, 2.45) is 0 Å². The van der Waals surface area contributed by atoms with Crippen molar-refractivity contribution < 1.29 is 16.7 Å². The summed E-state index contributed by atoms with van der Waals surface area (Å²) in [6.45, 7) is 0. The second-order valence-electron chi connectivity index (χ2n) is 0.929. The standard InChI is InChI=1S/C2FN2O3PS2/c3-9(6,7-10-1-4)8-11-2-5. The monoisotopic (exact) mass is 214 g/mol. The van der Waals surface area contributed by atoms with Crippen LogP contribution in [-0.4, -0.2) is 0 Å². The van der Waals surface area contributed by atoms with Gasteiger partial charge in [-0.05, 0) is 0 Å². The van der Waals surface area contributed by atoms with Crippen molar-refractivity contribution in [3.05, 3.63) is 0 Å². The highest BCUT2D eigenvalue weighted by atomic mass is 32.2. The molecule has 11 heavy (non-hydrogen) atoms. The molecule has 9 heteroatoms. The fraction of sp³-hybridized carbons (Fsp3) is 0. The van der Waals surface area contributed by atoms with E-state index in [2.05, 4.69) is 7.94 Å². The molecule has 0 N–H and O–H groups in total. The molecule has 0 fully saturated rings. The number of thiocyanates is 2. The summed E-state index contributed by atoms with van der Waals surface area (Å²) in [5.74, 6) is 0. The van der Waals surface area contributed by atoms with Crippen molar-refractivity contribution in [3.8, 4) is 10.8 Å². The zero-order chi connectivity index (χ0) is 8.74. The lowest BCUT2D eigenvalue weighted by molar-refractivity contribution is 0.380. The van der Waals surface area contributed by atoms with Crippen LogP contribution < -0.4 is 0 Å². The minimum absolute atomic E-state index is 0.0148. The van der Waals surface area contributed by atoms with Crippen molar-refractivity contribution in [2.45, 2.75) is 0 Å². The van der Waals surface area contributed by atoms with Crippen LogP contribution in [0.15, 0.2) is 0 Å². The Morgan fingerprint density at radius 2 is 1.64 bits per heavy atom. The van der Waals surface area contributed by atoms with Gasteiger partial charge in [-0.25, -0.2) is 4.57 Å². The van der Waals surface area contributed by atoms with Gasteiger partial charge in [-0.2, -0.15) is 18.5 Å². The molecule has 0 radical (unpaired) electrons. The van der Waals surface area contributed by atoms with Gasteiger partial charge in [0.15, 0.2) is 10.8 Å². The van der Waals surface area contributed by atoms with E-state index in [4.69, 9.17) is 10.5 Å². The molecule has 0 aromatic heterocycles. The summed E-state index contributed by atoms with van der Waals surface area (Å²) in [6.07, 6.45) is 0. The minimum Gasteiger partial charge on any atom is -0.221 e. The van der Waals surface area contributed by atoms with E-state index in [0.717, 1.165) is 0 Å². The van der Waals surface area contributed by atoms with Gasteiger partial charge in [-0.3, -0.25) is 0 Å². The molecular formula is C2FN2O3PS2. The Bertz CT molecular complexity index is 225. The molecule has 0 rings (SSSR count). The summed E-state index contributed by atoms with van der Waals surface area (Å²) in [4.78, 5) is 0. The van der Waals surface area contributed by atoms with Crippen LogP contribution in [0.5, 0.6) is 0 Å². The Hall–Kier alpha value is -0.240. The van der Waals surface area contributed by atoms with Gasteiger partial charge >= 0.3 is 7.91 Å². The molecule has 0 atom stereocenters. The van der Waals surface area contributed by atoms with E-state index in [1.807, 2.05) is 0 Å². The number of halogens is 1. The lowest BCUT2D eigenvalue weighted by atomic mass is 11.8. The molecule has 0 aliphatic heterocycles. The second-order valence-corrected chi connectivity index (χ2v) is 3.68. The number of rotatable bonds is 4. The van der Waals surface area contributed by atoms with Gasteiger partial charge in [0.25, 0.3) is 0 Å². The Labute approximate surface area is 70.5 Å². The Kier molecular flexibility index (Phi) is 5.30. The summed E-state index contributed by atoms with van der Waals surface area (Å²) >= 11 is -0.0296. The first-order valence-electron chi connectivity index (χ1n) is 1.91. The molecule has 0 saturated heterocycles. The predicted octanol–water partition coefficient (Wildman–Crippen LogP) is 2.36. The minimum atomic E-state index is -4.74. The van der Waals surface area contributed by atoms with E-state index in [1.165, 1.54) is 10.8 Å². The van der Waals surface area contributed by atoms with Gasteiger partial charge in [0.1, 0.15) is 24.1 Å². The number of hydrogen-bond donors (Lipinski definition) is 0. The number of hydrogen-bond acceptors (Lipinski definition) is 7. The average Bonchev–Trinajstić information content (AvgIpc) is 1.97. The number of nitrogens with zero attached hydrogens (tertiary/aromatic N) is 2. The van der Waals surface area contributed by atoms with E-state index in [9.17, 15) is 8.76 Å². The molecule has 0 aliphatic rings. The van der Waals surface area contributed by atoms with E-state index in [0.29, 0.717) is 0 Å². The van der Waals surface area contributed by atoms with Crippen LogP contribution in [0, 0.1) is 21.3 Å². The molecule has 0 aromatic rings. The van der Waals surface area contributed by atoms with Gasteiger partial charge in [0, 0.05) is 0 Å². The molecule has 0 aliphatic carbocycles. The molecule has 0 aromatic carbocycles. The van der Waals surface area contributed by atoms with Crippen LogP contribution in [0.3, 0.4) is 0 Å². The third kappa shape index (κ3) is 6.17. The third-order valence-electron chi connectivity index (χ3n) is 0.327. The smallest absolute Gasteiger partial charge is 0.221 e. The van der Waals surface area contributed by atoms with Gasteiger partial charge in [-0.15, -0.1) is 4.20 Å². The number of nitriles is 2. The molecule has 0 spiro atoms. The van der Waals surface area contributed by atoms with E-state index in [-0.39, 0.29) is 24.1 Å². The SMILES string of the molecule is N#CSOP(=O)(F)OSC#N. The van der Waals surface area contributed by atoms with Crippen LogP contribution in [0.25, 0.3) is 0 Å². The Balaban J connectivity index is 3.75. The van der Waals surface area contributed by atoms with Crippen LogP contribution in [0.1, 0.15) is 0 Å². The normalized spacial score (nSPS) is 10.1. The van der Waals surface area contributed by atoms with Crippen LogP contribution in [0.2, 0.25) is 0 Å². The molecule has 5 nitrogen and oxygen atoms in total. The summed E-state index contributed by atoms with van der Waals surface area (Å²) in [5, 5.41) is 18.3. The first-order chi connectivity index (χ1) is 5.12. The topological polar surface area (TPSA) is 83.1 Å². The van der Waals surface area contributed by atoms with Crippen molar-refractivity contribution in [1.82, 2.24) is 0 Å². The first-order valence-corrected chi connectivity index (χ1v) is 4.82. The largest absolute Gasteiger partial charge is 0.537 e. The maximum atomic E-state index is 12.2. The highest BCUT2D eigenvalue weighted by Crippen LogP contribution is 2.55. The van der Waals surface area contributed by atoms with Crippen LogP contribution in [-0.2, 0) is 12.5 Å². The summed E-state index contributed by atoms with van der Waals surface area (Å²) < 4.78 is 30.0. The zero-order valence-electron chi connectivity index (χ0n) is 4.76. The molecule has 0 amide bonds. The highest BCUT2D eigenvalue weighted by Gasteiger charge is 2.26. The second kappa shape index (κ2) is 5.42.